The Morgan fingerprint density at radius 2 is 1.25 bits per heavy atom. The molecule has 0 unspecified atom stereocenters. The monoisotopic (exact) mass is 170 g/mol. The standard InChI is InChI=1S/C6H10N4O2/c1-5(3-7-11)9-10-6(2)4-8-12/h3-4,11-12H,1-2H3/b7-3+,8-4+,9-5+,10-6+. The summed E-state index contributed by atoms with van der Waals surface area (Å²) < 4.78 is 0. The lowest BCUT2D eigenvalue weighted by Crippen LogP contribution is -1.94. The van der Waals surface area contributed by atoms with Crippen LogP contribution in [-0.2, 0) is 0 Å². The van der Waals surface area contributed by atoms with Crippen molar-refractivity contribution in [1.82, 2.24) is 0 Å². The highest BCUT2D eigenvalue weighted by molar-refractivity contribution is 6.31. The molecule has 0 atom stereocenters. The van der Waals surface area contributed by atoms with Crippen LogP contribution in [0.5, 0.6) is 0 Å². The summed E-state index contributed by atoms with van der Waals surface area (Å²) in [6, 6.07) is 0. The summed E-state index contributed by atoms with van der Waals surface area (Å²) in [7, 11) is 0. The summed E-state index contributed by atoms with van der Waals surface area (Å²) in [6.45, 7) is 3.24. The van der Waals surface area contributed by atoms with E-state index in [0.29, 0.717) is 11.4 Å². The van der Waals surface area contributed by atoms with Gasteiger partial charge in [-0.1, -0.05) is 10.3 Å². The molecule has 0 aromatic carbocycles. The zero-order valence-electron chi connectivity index (χ0n) is 6.84. The molecule has 6 heteroatoms. The molecule has 0 aliphatic carbocycles. The van der Waals surface area contributed by atoms with Gasteiger partial charge in [0.2, 0.25) is 0 Å². The van der Waals surface area contributed by atoms with E-state index in [2.05, 4.69) is 20.5 Å². The Labute approximate surface area is 69.6 Å². The fraction of sp³-hybridized carbons (Fsp3) is 0.333. The van der Waals surface area contributed by atoms with Gasteiger partial charge in [-0.2, -0.15) is 10.2 Å². The minimum Gasteiger partial charge on any atom is -0.411 e. The second-order valence-corrected chi connectivity index (χ2v) is 1.97. The molecule has 0 saturated heterocycles. The van der Waals surface area contributed by atoms with E-state index in [9.17, 15) is 0 Å². The van der Waals surface area contributed by atoms with E-state index in [4.69, 9.17) is 10.4 Å². The van der Waals surface area contributed by atoms with E-state index in [1.165, 1.54) is 0 Å². The predicted octanol–water partition coefficient (Wildman–Crippen LogP) is 0.743. The molecule has 0 aliphatic heterocycles. The fourth-order valence-electron chi connectivity index (χ4n) is 0.376. The molecule has 0 radical (unpaired) electrons. The highest BCUT2D eigenvalue weighted by atomic mass is 16.4. The average molecular weight is 170 g/mol. The Morgan fingerprint density at radius 1 is 0.917 bits per heavy atom. The Morgan fingerprint density at radius 3 is 1.50 bits per heavy atom. The number of rotatable bonds is 3. The van der Waals surface area contributed by atoms with Crippen molar-refractivity contribution in [3.8, 4) is 0 Å². The molecule has 66 valence electrons. The topological polar surface area (TPSA) is 89.9 Å². The van der Waals surface area contributed by atoms with Gasteiger partial charge in [0.1, 0.15) is 0 Å². The summed E-state index contributed by atoms with van der Waals surface area (Å²) in [5.41, 5.74) is 0.895. The summed E-state index contributed by atoms with van der Waals surface area (Å²) in [5, 5.41) is 28.9. The van der Waals surface area contributed by atoms with Crippen LogP contribution in [-0.4, -0.2) is 34.3 Å². The van der Waals surface area contributed by atoms with Crippen LogP contribution in [0.25, 0.3) is 0 Å². The molecule has 0 aromatic heterocycles. The van der Waals surface area contributed by atoms with Crippen molar-refractivity contribution >= 4 is 23.9 Å². The molecule has 0 rings (SSSR count). The summed E-state index contributed by atoms with van der Waals surface area (Å²) in [4.78, 5) is 0. The van der Waals surface area contributed by atoms with E-state index in [1.54, 1.807) is 13.8 Å². The van der Waals surface area contributed by atoms with Crippen molar-refractivity contribution in [1.29, 1.82) is 0 Å². The lowest BCUT2D eigenvalue weighted by molar-refractivity contribution is 0.322. The van der Waals surface area contributed by atoms with Crippen LogP contribution in [0.4, 0.5) is 0 Å². The number of hydrogen-bond donors (Lipinski definition) is 2. The Hall–Kier alpha value is -1.72. The molecule has 0 aromatic rings. The zero-order valence-corrected chi connectivity index (χ0v) is 6.84. The van der Waals surface area contributed by atoms with Crippen LogP contribution in [0.3, 0.4) is 0 Å². The molecular formula is C6H10N4O2. The second kappa shape index (κ2) is 6.02. The third kappa shape index (κ3) is 5.10. The van der Waals surface area contributed by atoms with Gasteiger partial charge in [0, 0.05) is 0 Å². The van der Waals surface area contributed by atoms with Gasteiger partial charge < -0.3 is 10.4 Å². The van der Waals surface area contributed by atoms with Crippen LogP contribution >= 0.6 is 0 Å². The van der Waals surface area contributed by atoms with E-state index in [0.717, 1.165) is 12.4 Å². The minimum atomic E-state index is 0.447. The average Bonchev–Trinajstić information content (AvgIpc) is 2.02. The molecule has 2 N–H and O–H groups in total. The molecule has 6 nitrogen and oxygen atoms in total. The first kappa shape index (κ1) is 10.3. The molecule has 12 heavy (non-hydrogen) atoms. The van der Waals surface area contributed by atoms with E-state index < -0.39 is 0 Å². The molecule has 0 aliphatic rings. The van der Waals surface area contributed by atoms with Gasteiger partial charge in [-0.05, 0) is 13.8 Å². The van der Waals surface area contributed by atoms with Crippen LogP contribution in [0.2, 0.25) is 0 Å². The van der Waals surface area contributed by atoms with Crippen molar-refractivity contribution in [3.63, 3.8) is 0 Å². The maximum absolute atomic E-state index is 8.08. The zero-order chi connectivity index (χ0) is 9.40. The Kier molecular flexibility index (Phi) is 5.16. The molecule has 0 amide bonds. The van der Waals surface area contributed by atoms with E-state index in [1.807, 2.05) is 0 Å². The van der Waals surface area contributed by atoms with Crippen molar-refractivity contribution in [2.24, 2.45) is 20.5 Å². The van der Waals surface area contributed by atoms with Gasteiger partial charge >= 0.3 is 0 Å². The van der Waals surface area contributed by atoms with Crippen molar-refractivity contribution in [2.75, 3.05) is 0 Å². The highest BCUT2D eigenvalue weighted by Gasteiger charge is 1.84. The van der Waals surface area contributed by atoms with Crippen molar-refractivity contribution in [2.45, 2.75) is 13.8 Å². The normalized spacial score (nSPS) is 14.8. The molecule has 0 spiro atoms. The highest BCUT2D eigenvalue weighted by Crippen LogP contribution is 1.79. The largest absolute Gasteiger partial charge is 0.411 e. The summed E-state index contributed by atoms with van der Waals surface area (Å²) in [6.07, 6.45) is 2.29. The Balaban J connectivity index is 4.26. The van der Waals surface area contributed by atoms with E-state index >= 15 is 0 Å². The van der Waals surface area contributed by atoms with Crippen LogP contribution < -0.4 is 0 Å². The van der Waals surface area contributed by atoms with Crippen LogP contribution in [0.15, 0.2) is 20.5 Å². The number of oxime groups is 2. The van der Waals surface area contributed by atoms with Crippen LogP contribution in [0, 0.1) is 0 Å². The maximum atomic E-state index is 8.08. The van der Waals surface area contributed by atoms with Gasteiger partial charge in [-0.25, -0.2) is 0 Å². The first-order valence-corrected chi connectivity index (χ1v) is 3.14. The van der Waals surface area contributed by atoms with Crippen LogP contribution in [0.1, 0.15) is 13.8 Å². The number of nitrogens with zero attached hydrogens (tertiary/aromatic N) is 4. The van der Waals surface area contributed by atoms with Gasteiger partial charge in [0.15, 0.2) is 0 Å². The maximum Gasteiger partial charge on any atom is 0.0892 e. The molecule has 0 saturated carbocycles. The minimum absolute atomic E-state index is 0.447. The lowest BCUT2D eigenvalue weighted by Gasteiger charge is -1.85. The fourth-order valence-corrected chi connectivity index (χ4v) is 0.376. The first-order chi connectivity index (χ1) is 5.70. The molecule has 0 bridgehead atoms. The lowest BCUT2D eigenvalue weighted by atomic mass is 10.5. The summed E-state index contributed by atoms with van der Waals surface area (Å²) >= 11 is 0. The van der Waals surface area contributed by atoms with E-state index in [-0.39, 0.29) is 0 Å². The SMILES string of the molecule is CC(/C=N/O)=N\N=C(C)\C=N\O. The molecule has 0 fully saturated rings. The quantitative estimate of drug-likeness (QED) is 0.371. The van der Waals surface area contributed by atoms with Gasteiger partial charge in [-0.15, -0.1) is 0 Å². The van der Waals surface area contributed by atoms with Crippen molar-refractivity contribution < 1.29 is 10.4 Å². The molecular weight excluding hydrogens is 160 g/mol. The molecule has 0 heterocycles. The number of hydrogen-bond acceptors (Lipinski definition) is 6. The van der Waals surface area contributed by atoms with Crippen molar-refractivity contribution in [3.05, 3.63) is 0 Å². The van der Waals surface area contributed by atoms with Gasteiger partial charge in [-0.3, -0.25) is 0 Å². The third-order valence-corrected chi connectivity index (χ3v) is 0.855. The third-order valence-electron chi connectivity index (χ3n) is 0.855. The van der Waals surface area contributed by atoms with Gasteiger partial charge in [0.05, 0.1) is 23.9 Å². The first-order valence-electron chi connectivity index (χ1n) is 3.14. The van der Waals surface area contributed by atoms with Gasteiger partial charge in [0.25, 0.3) is 0 Å². The predicted molar refractivity (Wildman–Crippen MR) is 46.8 cm³/mol. The second-order valence-electron chi connectivity index (χ2n) is 1.97. The smallest absolute Gasteiger partial charge is 0.0892 e. The Bertz CT molecular complexity index is 216. The summed E-state index contributed by atoms with van der Waals surface area (Å²) in [5.74, 6) is 0.